The normalized spacial score (nSPS) is 20.5. The molecule has 1 atom stereocenters. The first kappa shape index (κ1) is 18.7. The number of carbonyl (C=O) groups excluding carboxylic acids is 2. The topological polar surface area (TPSA) is 77.1 Å². The smallest absolute Gasteiger partial charge is 0.325 e. The van der Waals surface area contributed by atoms with Crippen LogP contribution in [0.1, 0.15) is 12.5 Å². The zero-order chi connectivity index (χ0) is 19.9. The molecule has 0 bridgehead atoms. The monoisotopic (exact) mass is 422 g/mol. The van der Waals surface area contributed by atoms with Crippen molar-refractivity contribution in [2.45, 2.75) is 12.5 Å². The highest BCUT2D eigenvalue weighted by atomic mass is 35.5. The van der Waals surface area contributed by atoms with Crippen molar-refractivity contribution in [1.29, 1.82) is 0 Å². The Labute approximate surface area is 171 Å². The molecule has 2 aliphatic rings. The highest BCUT2D eigenvalue weighted by molar-refractivity contribution is 6.35. The fourth-order valence-corrected chi connectivity index (χ4v) is 3.61. The minimum atomic E-state index is -1.20. The zero-order valence-electron chi connectivity index (χ0n) is 14.8. The minimum Gasteiger partial charge on any atom is -0.490 e. The van der Waals surface area contributed by atoms with Crippen LogP contribution in [-0.2, 0) is 10.3 Å². The van der Waals surface area contributed by atoms with E-state index in [1.807, 2.05) is 0 Å². The molecule has 2 aromatic carbocycles. The number of fused-ring (bicyclic) bond motifs is 1. The second kappa shape index (κ2) is 7.07. The van der Waals surface area contributed by atoms with Crippen LogP contribution < -0.4 is 19.5 Å². The van der Waals surface area contributed by atoms with E-state index in [1.54, 1.807) is 43.3 Å². The van der Waals surface area contributed by atoms with Gasteiger partial charge < -0.3 is 19.5 Å². The molecule has 2 aromatic rings. The number of benzene rings is 2. The highest BCUT2D eigenvalue weighted by Crippen LogP contribution is 2.37. The number of nitrogens with zero attached hydrogens (tertiary/aromatic N) is 1. The molecule has 1 fully saturated rings. The standard InChI is InChI=1S/C19H16Cl2N2O5/c1-19(11-2-4-15-16(8-11)28-10-27-15)17(24)23(18(25)22-19)6-7-26-14-5-3-12(20)9-13(14)21/h2-5,8-9H,6-7,10H2,1H3,(H,22,25). The summed E-state index contributed by atoms with van der Waals surface area (Å²) >= 11 is 11.9. The molecule has 1 saturated heterocycles. The summed E-state index contributed by atoms with van der Waals surface area (Å²) in [5, 5.41) is 3.60. The number of hydrogen-bond donors (Lipinski definition) is 1. The second-order valence-corrected chi connectivity index (χ2v) is 7.35. The number of halogens is 2. The fraction of sp³-hybridized carbons (Fsp3) is 0.263. The van der Waals surface area contributed by atoms with Crippen molar-refractivity contribution in [2.75, 3.05) is 19.9 Å². The fourth-order valence-electron chi connectivity index (χ4n) is 3.14. The molecule has 1 unspecified atom stereocenters. The third kappa shape index (κ3) is 3.21. The first-order chi connectivity index (χ1) is 13.4. The highest BCUT2D eigenvalue weighted by Gasteiger charge is 2.49. The van der Waals surface area contributed by atoms with Crippen molar-refractivity contribution in [1.82, 2.24) is 10.2 Å². The van der Waals surface area contributed by atoms with Gasteiger partial charge in [-0.25, -0.2) is 4.79 Å². The molecule has 3 amide bonds. The van der Waals surface area contributed by atoms with Crippen molar-refractivity contribution >= 4 is 35.1 Å². The third-order valence-corrected chi connectivity index (χ3v) is 5.22. The van der Waals surface area contributed by atoms with E-state index >= 15 is 0 Å². The lowest BCUT2D eigenvalue weighted by Gasteiger charge is -2.22. The van der Waals surface area contributed by atoms with Gasteiger partial charge in [-0.05, 0) is 42.8 Å². The Morgan fingerprint density at radius 2 is 1.93 bits per heavy atom. The van der Waals surface area contributed by atoms with E-state index in [0.29, 0.717) is 32.9 Å². The van der Waals surface area contributed by atoms with Gasteiger partial charge in [0.2, 0.25) is 6.79 Å². The van der Waals surface area contributed by atoms with E-state index in [1.165, 1.54) is 0 Å². The molecule has 4 rings (SSSR count). The lowest BCUT2D eigenvalue weighted by atomic mass is 9.91. The Hall–Kier alpha value is -2.64. The summed E-state index contributed by atoms with van der Waals surface area (Å²) in [6, 6.07) is 9.50. The first-order valence-corrected chi connectivity index (χ1v) is 9.26. The summed E-state index contributed by atoms with van der Waals surface area (Å²) in [6.07, 6.45) is 0. The number of rotatable bonds is 5. The van der Waals surface area contributed by atoms with Gasteiger partial charge in [0.25, 0.3) is 5.91 Å². The van der Waals surface area contributed by atoms with Crippen LogP contribution in [0.5, 0.6) is 17.2 Å². The van der Waals surface area contributed by atoms with Gasteiger partial charge in [-0.3, -0.25) is 9.69 Å². The van der Waals surface area contributed by atoms with Crippen molar-refractivity contribution in [3.05, 3.63) is 52.0 Å². The van der Waals surface area contributed by atoms with E-state index in [2.05, 4.69) is 5.32 Å². The van der Waals surface area contributed by atoms with E-state index < -0.39 is 11.6 Å². The quantitative estimate of drug-likeness (QED) is 0.745. The van der Waals surface area contributed by atoms with E-state index in [-0.39, 0.29) is 25.9 Å². The van der Waals surface area contributed by atoms with E-state index in [0.717, 1.165) is 4.90 Å². The Balaban J connectivity index is 1.46. The summed E-state index contributed by atoms with van der Waals surface area (Å²) in [5.74, 6) is 1.20. The van der Waals surface area contributed by atoms with Gasteiger partial charge in [0.05, 0.1) is 11.6 Å². The maximum absolute atomic E-state index is 13.0. The van der Waals surface area contributed by atoms with Crippen molar-refractivity contribution in [3.63, 3.8) is 0 Å². The number of carbonyl (C=O) groups is 2. The lowest BCUT2D eigenvalue weighted by Crippen LogP contribution is -2.41. The van der Waals surface area contributed by atoms with Crippen LogP contribution in [0.15, 0.2) is 36.4 Å². The first-order valence-electron chi connectivity index (χ1n) is 8.50. The zero-order valence-corrected chi connectivity index (χ0v) is 16.3. The van der Waals surface area contributed by atoms with Gasteiger partial charge in [0.1, 0.15) is 17.9 Å². The number of ether oxygens (including phenoxy) is 3. The number of hydrogen-bond acceptors (Lipinski definition) is 5. The average molecular weight is 423 g/mol. The minimum absolute atomic E-state index is 0.0732. The van der Waals surface area contributed by atoms with Crippen LogP contribution in [0, 0.1) is 0 Å². The summed E-state index contributed by atoms with van der Waals surface area (Å²) in [5.41, 5.74) is -0.588. The largest absolute Gasteiger partial charge is 0.490 e. The van der Waals surface area contributed by atoms with Crippen LogP contribution in [0.4, 0.5) is 4.79 Å². The van der Waals surface area contributed by atoms with Crippen LogP contribution in [0.2, 0.25) is 10.0 Å². The van der Waals surface area contributed by atoms with Gasteiger partial charge in [0, 0.05) is 5.02 Å². The summed E-state index contributed by atoms with van der Waals surface area (Å²) in [6.45, 7) is 1.95. The van der Waals surface area contributed by atoms with Crippen LogP contribution in [0.3, 0.4) is 0 Å². The second-order valence-electron chi connectivity index (χ2n) is 6.50. The van der Waals surface area contributed by atoms with Crippen molar-refractivity contribution in [2.24, 2.45) is 0 Å². The van der Waals surface area contributed by atoms with Crippen LogP contribution >= 0.6 is 23.2 Å². The number of amides is 3. The molecule has 9 heteroatoms. The third-order valence-electron chi connectivity index (χ3n) is 4.69. The lowest BCUT2D eigenvalue weighted by molar-refractivity contribution is -0.131. The molecule has 146 valence electrons. The molecule has 28 heavy (non-hydrogen) atoms. The molecule has 0 aromatic heterocycles. The Bertz CT molecular complexity index is 967. The molecule has 0 spiro atoms. The number of nitrogens with one attached hydrogen (secondary N) is 1. The maximum Gasteiger partial charge on any atom is 0.325 e. The Morgan fingerprint density at radius 3 is 2.71 bits per heavy atom. The Kier molecular flexibility index (Phi) is 4.72. The molecular formula is C19H16Cl2N2O5. The van der Waals surface area contributed by atoms with Gasteiger partial charge in [-0.1, -0.05) is 29.3 Å². The molecule has 0 aliphatic carbocycles. The van der Waals surface area contributed by atoms with Gasteiger partial charge in [-0.15, -0.1) is 0 Å². The maximum atomic E-state index is 13.0. The molecule has 7 nitrogen and oxygen atoms in total. The van der Waals surface area contributed by atoms with Gasteiger partial charge >= 0.3 is 6.03 Å². The van der Waals surface area contributed by atoms with Crippen molar-refractivity contribution < 1.29 is 23.8 Å². The van der Waals surface area contributed by atoms with Crippen molar-refractivity contribution in [3.8, 4) is 17.2 Å². The molecule has 2 heterocycles. The van der Waals surface area contributed by atoms with Gasteiger partial charge in [-0.2, -0.15) is 0 Å². The molecule has 2 aliphatic heterocycles. The number of urea groups is 1. The molecule has 0 saturated carbocycles. The summed E-state index contributed by atoms with van der Waals surface area (Å²) < 4.78 is 16.2. The summed E-state index contributed by atoms with van der Waals surface area (Å²) in [4.78, 5) is 26.5. The SMILES string of the molecule is CC1(c2ccc3c(c2)OCO3)NC(=O)N(CCOc2ccc(Cl)cc2Cl)C1=O. The van der Waals surface area contributed by atoms with Crippen LogP contribution in [0.25, 0.3) is 0 Å². The van der Waals surface area contributed by atoms with E-state index in [4.69, 9.17) is 37.4 Å². The summed E-state index contributed by atoms with van der Waals surface area (Å²) in [7, 11) is 0. The molecule has 0 radical (unpaired) electrons. The van der Waals surface area contributed by atoms with Crippen LogP contribution in [-0.4, -0.2) is 36.8 Å². The number of imide groups is 1. The molecular weight excluding hydrogens is 407 g/mol. The van der Waals surface area contributed by atoms with E-state index in [9.17, 15) is 9.59 Å². The average Bonchev–Trinajstić information content (AvgIpc) is 3.21. The van der Waals surface area contributed by atoms with Gasteiger partial charge in [0.15, 0.2) is 11.5 Å². The predicted molar refractivity (Wildman–Crippen MR) is 102 cm³/mol. The predicted octanol–water partition coefficient (Wildman–Crippen LogP) is 3.57. The molecule has 1 N–H and O–H groups in total. The Morgan fingerprint density at radius 1 is 1.14 bits per heavy atom.